The van der Waals surface area contributed by atoms with Crippen LogP contribution in [0.15, 0.2) is 53.4 Å². The molecule has 1 atom stereocenters. The second-order valence-corrected chi connectivity index (χ2v) is 6.72. The molecule has 0 saturated heterocycles. The standard InChI is InChI=1S/C15H16ClNO3S/c1-11(12-3-7-14(20-2)8-4-12)17-21(18,19)15-9-5-13(16)6-10-15/h3-11,17H,1-2H3/t11-/m1/s1. The van der Waals surface area contributed by atoms with Crippen molar-refractivity contribution < 1.29 is 13.2 Å². The Bertz CT molecular complexity index is 697. The smallest absolute Gasteiger partial charge is 0.241 e. The van der Waals surface area contributed by atoms with Gasteiger partial charge in [-0.15, -0.1) is 0 Å². The van der Waals surface area contributed by atoms with Gasteiger partial charge >= 0.3 is 0 Å². The molecular formula is C15H16ClNO3S. The predicted octanol–water partition coefficient (Wildman–Crippen LogP) is 3.39. The van der Waals surface area contributed by atoms with Crippen LogP contribution in [0.25, 0.3) is 0 Å². The van der Waals surface area contributed by atoms with Crippen LogP contribution in [0.3, 0.4) is 0 Å². The van der Waals surface area contributed by atoms with E-state index in [0.29, 0.717) is 5.02 Å². The van der Waals surface area contributed by atoms with Gasteiger partial charge in [-0.3, -0.25) is 0 Å². The van der Waals surface area contributed by atoms with Gasteiger partial charge in [-0.05, 0) is 48.9 Å². The van der Waals surface area contributed by atoms with Gasteiger partial charge < -0.3 is 4.74 Å². The Balaban J connectivity index is 2.17. The summed E-state index contributed by atoms with van der Waals surface area (Å²) in [6.45, 7) is 1.79. The SMILES string of the molecule is COc1ccc([C@@H](C)NS(=O)(=O)c2ccc(Cl)cc2)cc1. The number of benzene rings is 2. The molecule has 6 heteroatoms. The molecule has 0 aromatic heterocycles. The average molecular weight is 326 g/mol. The highest BCUT2D eigenvalue weighted by Gasteiger charge is 2.18. The van der Waals surface area contributed by atoms with E-state index in [9.17, 15) is 8.42 Å². The number of rotatable bonds is 5. The zero-order valence-electron chi connectivity index (χ0n) is 11.7. The van der Waals surface area contributed by atoms with Crippen LogP contribution in [-0.4, -0.2) is 15.5 Å². The molecule has 0 unspecified atom stereocenters. The van der Waals surface area contributed by atoms with E-state index in [-0.39, 0.29) is 10.9 Å². The second kappa shape index (κ2) is 6.47. The third-order valence-corrected chi connectivity index (χ3v) is 4.88. The molecule has 2 aromatic carbocycles. The fourth-order valence-corrected chi connectivity index (χ4v) is 3.23. The van der Waals surface area contributed by atoms with Gasteiger partial charge in [0.1, 0.15) is 5.75 Å². The van der Waals surface area contributed by atoms with Gasteiger partial charge in [0.05, 0.1) is 12.0 Å². The predicted molar refractivity (Wildman–Crippen MR) is 83.2 cm³/mol. The van der Waals surface area contributed by atoms with Crippen molar-refractivity contribution in [1.82, 2.24) is 4.72 Å². The summed E-state index contributed by atoms with van der Waals surface area (Å²) >= 11 is 5.76. The molecule has 112 valence electrons. The van der Waals surface area contributed by atoms with Crippen LogP contribution < -0.4 is 9.46 Å². The van der Waals surface area contributed by atoms with Crippen molar-refractivity contribution in [1.29, 1.82) is 0 Å². The fourth-order valence-electron chi connectivity index (χ4n) is 1.88. The zero-order chi connectivity index (χ0) is 15.5. The Labute approximate surface area is 129 Å². The quantitative estimate of drug-likeness (QED) is 0.916. The molecule has 4 nitrogen and oxygen atoms in total. The summed E-state index contributed by atoms with van der Waals surface area (Å²) in [4.78, 5) is 0.187. The minimum absolute atomic E-state index is 0.187. The van der Waals surface area contributed by atoms with E-state index in [4.69, 9.17) is 16.3 Å². The topological polar surface area (TPSA) is 55.4 Å². The maximum Gasteiger partial charge on any atom is 0.241 e. The maximum absolute atomic E-state index is 12.3. The van der Waals surface area contributed by atoms with Crippen molar-refractivity contribution in [2.24, 2.45) is 0 Å². The highest BCUT2D eigenvalue weighted by Crippen LogP contribution is 2.20. The van der Waals surface area contributed by atoms with E-state index in [1.807, 2.05) is 12.1 Å². The van der Waals surface area contributed by atoms with Crippen molar-refractivity contribution in [3.63, 3.8) is 0 Å². The van der Waals surface area contributed by atoms with E-state index in [1.165, 1.54) is 12.1 Å². The van der Waals surface area contributed by atoms with Crippen LogP contribution in [0.5, 0.6) is 5.75 Å². The number of ether oxygens (including phenoxy) is 1. The highest BCUT2D eigenvalue weighted by molar-refractivity contribution is 7.89. The summed E-state index contributed by atoms with van der Waals surface area (Å²) in [5.74, 6) is 0.728. The minimum Gasteiger partial charge on any atom is -0.497 e. The number of hydrogen-bond donors (Lipinski definition) is 1. The lowest BCUT2D eigenvalue weighted by atomic mass is 10.1. The van der Waals surface area contributed by atoms with Crippen molar-refractivity contribution in [2.45, 2.75) is 17.9 Å². The van der Waals surface area contributed by atoms with E-state index in [0.717, 1.165) is 11.3 Å². The van der Waals surface area contributed by atoms with Gasteiger partial charge in [-0.25, -0.2) is 13.1 Å². The molecule has 1 N–H and O–H groups in total. The second-order valence-electron chi connectivity index (χ2n) is 4.57. The molecule has 0 fully saturated rings. The third kappa shape index (κ3) is 3.97. The van der Waals surface area contributed by atoms with Crippen LogP contribution in [0, 0.1) is 0 Å². The molecule has 0 aliphatic rings. The lowest BCUT2D eigenvalue weighted by molar-refractivity contribution is 0.414. The van der Waals surface area contributed by atoms with Crippen LogP contribution in [0.4, 0.5) is 0 Å². The monoisotopic (exact) mass is 325 g/mol. The molecule has 0 spiro atoms. The number of hydrogen-bond acceptors (Lipinski definition) is 3. The van der Waals surface area contributed by atoms with Crippen LogP contribution in [0.1, 0.15) is 18.5 Å². The lowest BCUT2D eigenvalue weighted by Crippen LogP contribution is -2.26. The normalized spacial score (nSPS) is 12.9. The minimum atomic E-state index is -3.58. The number of nitrogens with one attached hydrogen (secondary N) is 1. The molecule has 0 amide bonds. The number of methoxy groups -OCH3 is 1. The molecule has 0 saturated carbocycles. The van der Waals surface area contributed by atoms with Gasteiger partial charge in [0.15, 0.2) is 0 Å². The third-order valence-electron chi connectivity index (χ3n) is 3.07. The Kier molecular flexibility index (Phi) is 4.88. The van der Waals surface area contributed by atoms with Gasteiger partial charge in [-0.1, -0.05) is 23.7 Å². The Morgan fingerprint density at radius 3 is 2.14 bits per heavy atom. The molecule has 2 rings (SSSR count). The van der Waals surface area contributed by atoms with E-state index in [2.05, 4.69) is 4.72 Å². The van der Waals surface area contributed by atoms with E-state index >= 15 is 0 Å². The molecule has 0 bridgehead atoms. The van der Waals surface area contributed by atoms with E-state index < -0.39 is 10.0 Å². The van der Waals surface area contributed by atoms with Crippen molar-refractivity contribution >= 4 is 21.6 Å². The first-order valence-electron chi connectivity index (χ1n) is 6.34. The van der Waals surface area contributed by atoms with Gasteiger partial charge in [0, 0.05) is 11.1 Å². The molecule has 0 aliphatic carbocycles. The summed E-state index contributed by atoms with van der Waals surface area (Å²) in [6, 6.07) is 12.9. The van der Waals surface area contributed by atoms with Crippen LogP contribution in [-0.2, 0) is 10.0 Å². The van der Waals surface area contributed by atoms with Gasteiger partial charge in [-0.2, -0.15) is 0 Å². The summed E-state index contributed by atoms with van der Waals surface area (Å²) in [6.07, 6.45) is 0. The largest absolute Gasteiger partial charge is 0.497 e. The summed E-state index contributed by atoms with van der Waals surface area (Å²) in [5.41, 5.74) is 0.855. The first kappa shape index (κ1) is 15.8. The van der Waals surface area contributed by atoms with Crippen molar-refractivity contribution in [2.75, 3.05) is 7.11 Å². The zero-order valence-corrected chi connectivity index (χ0v) is 13.3. The number of sulfonamides is 1. The van der Waals surface area contributed by atoms with Crippen molar-refractivity contribution in [3.05, 3.63) is 59.1 Å². The molecule has 0 aliphatic heterocycles. The highest BCUT2D eigenvalue weighted by atomic mass is 35.5. The van der Waals surface area contributed by atoms with E-state index in [1.54, 1.807) is 38.3 Å². The Hall–Kier alpha value is -1.56. The Morgan fingerprint density at radius 2 is 1.62 bits per heavy atom. The average Bonchev–Trinajstić information content (AvgIpc) is 2.47. The first-order chi connectivity index (χ1) is 9.92. The molecule has 0 heterocycles. The molecule has 0 radical (unpaired) electrons. The number of halogens is 1. The van der Waals surface area contributed by atoms with Crippen molar-refractivity contribution in [3.8, 4) is 5.75 Å². The lowest BCUT2D eigenvalue weighted by Gasteiger charge is -2.15. The fraction of sp³-hybridized carbons (Fsp3) is 0.200. The van der Waals surface area contributed by atoms with Gasteiger partial charge in [0.2, 0.25) is 10.0 Å². The van der Waals surface area contributed by atoms with Crippen LogP contribution in [0.2, 0.25) is 5.02 Å². The molecule has 21 heavy (non-hydrogen) atoms. The summed E-state index contributed by atoms with van der Waals surface area (Å²) in [7, 11) is -2.00. The summed E-state index contributed by atoms with van der Waals surface area (Å²) < 4.78 is 32.3. The Morgan fingerprint density at radius 1 is 1.05 bits per heavy atom. The first-order valence-corrected chi connectivity index (χ1v) is 8.20. The molecule has 2 aromatic rings. The van der Waals surface area contributed by atoms with Crippen LogP contribution >= 0.6 is 11.6 Å². The summed E-state index contributed by atoms with van der Waals surface area (Å²) in [5, 5.41) is 0.497. The van der Waals surface area contributed by atoms with Gasteiger partial charge in [0.25, 0.3) is 0 Å². The maximum atomic E-state index is 12.3. The molecular weight excluding hydrogens is 310 g/mol.